The first kappa shape index (κ1) is 21.6. The molecule has 1 aromatic carbocycles. The molecule has 1 aliphatic carbocycles. The number of carbonyl (C=O) groups excluding carboxylic acids is 1. The predicted octanol–water partition coefficient (Wildman–Crippen LogP) is 4.38. The normalized spacial score (nSPS) is 29.9. The molecule has 166 valence electrons. The fraction of sp³-hybridized carbons (Fsp3) is 0.720. The summed E-state index contributed by atoms with van der Waals surface area (Å²) in [6.07, 6.45) is 8.96. The van der Waals surface area contributed by atoms with Gasteiger partial charge >= 0.3 is 0 Å². The first-order valence-corrected chi connectivity index (χ1v) is 12.1. The van der Waals surface area contributed by atoms with Crippen LogP contribution < -0.4 is 10.7 Å². The van der Waals surface area contributed by atoms with E-state index in [9.17, 15) is 4.79 Å². The van der Waals surface area contributed by atoms with E-state index >= 15 is 0 Å². The third kappa shape index (κ3) is 3.75. The molecule has 1 saturated carbocycles. The number of carbonyl (C=O) groups is 1. The Morgan fingerprint density at radius 1 is 1.07 bits per heavy atom. The van der Waals surface area contributed by atoms with Crippen LogP contribution in [-0.2, 0) is 4.79 Å². The van der Waals surface area contributed by atoms with E-state index in [1.54, 1.807) is 5.01 Å². The van der Waals surface area contributed by atoms with Gasteiger partial charge in [0.15, 0.2) is 0 Å². The van der Waals surface area contributed by atoms with Crippen LogP contribution in [0.15, 0.2) is 30.3 Å². The van der Waals surface area contributed by atoms with Crippen LogP contribution in [0, 0.1) is 11.8 Å². The monoisotopic (exact) mass is 412 g/mol. The second-order valence-corrected chi connectivity index (χ2v) is 10.1. The molecule has 1 amide bonds. The van der Waals surface area contributed by atoms with Gasteiger partial charge in [0.1, 0.15) is 11.7 Å². The summed E-state index contributed by atoms with van der Waals surface area (Å²) in [4.78, 5) is 18.5. The molecule has 2 aliphatic heterocycles. The number of piperidine rings is 1. The number of amides is 1. The highest BCUT2D eigenvalue weighted by Crippen LogP contribution is 2.44. The van der Waals surface area contributed by atoms with Crippen LogP contribution >= 0.6 is 0 Å². The molecule has 0 aromatic heterocycles. The van der Waals surface area contributed by atoms with E-state index in [0.29, 0.717) is 6.04 Å². The lowest BCUT2D eigenvalue weighted by molar-refractivity contribution is -0.135. The van der Waals surface area contributed by atoms with Gasteiger partial charge in [0.05, 0.1) is 0 Å². The molecule has 2 saturated heterocycles. The first-order valence-electron chi connectivity index (χ1n) is 12.1. The minimum absolute atomic E-state index is 0.0436. The fourth-order valence-corrected chi connectivity index (χ4v) is 6.27. The zero-order chi connectivity index (χ0) is 21.3. The zero-order valence-electron chi connectivity index (χ0n) is 19.1. The number of nitrogens with two attached hydrogens (primary N) is 1. The number of hydrogen-bond donors (Lipinski definition) is 1. The molecule has 2 heterocycles. The van der Waals surface area contributed by atoms with Crippen LogP contribution in [0.5, 0.6) is 0 Å². The molecule has 2 N–H and O–H groups in total. The second kappa shape index (κ2) is 8.88. The molecule has 1 aromatic rings. The molecule has 3 aliphatic rings. The minimum atomic E-state index is -0.485. The Labute approximate surface area is 182 Å². The van der Waals surface area contributed by atoms with Gasteiger partial charge in [-0.2, -0.15) is 0 Å². The molecule has 5 heteroatoms. The molecule has 30 heavy (non-hydrogen) atoms. The molecule has 0 bridgehead atoms. The lowest BCUT2D eigenvalue weighted by Crippen LogP contribution is -2.59. The van der Waals surface area contributed by atoms with Gasteiger partial charge in [0.25, 0.3) is 5.91 Å². The van der Waals surface area contributed by atoms with E-state index in [2.05, 4.69) is 54.8 Å². The SMILES string of the molecule is CCCC1N(N)C(=O)C2(CCN(C3CCC(C(C)C)CC3)CC2)N1c1ccccc1. The number of para-hydroxylation sites is 1. The van der Waals surface area contributed by atoms with Gasteiger partial charge in [-0.15, -0.1) is 0 Å². The highest BCUT2D eigenvalue weighted by atomic mass is 16.2. The number of rotatable bonds is 5. The highest BCUT2D eigenvalue weighted by molar-refractivity contribution is 5.94. The Kier molecular flexibility index (Phi) is 6.40. The lowest BCUT2D eigenvalue weighted by atomic mass is 9.78. The van der Waals surface area contributed by atoms with Crippen molar-refractivity contribution < 1.29 is 4.79 Å². The van der Waals surface area contributed by atoms with Crippen molar-refractivity contribution in [3.8, 4) is 0 Å². The molecule has 4 rings (SSSR count). The average Bonchev–Trinajstić information content (AvgIpc) is 2.97. The Morgan fingerprint density at radius 2 is 1.70 bits per heavy atom. The van der Waals surface area contributed by atoms with Gasteiger partial charge in [-0.05, 0) is 68.9 Å². The number of likely N-dealkylation sites (tertiary alicyclic amines) is 1. The summed E-state index contributed by atoms with van der Waals surface area (Å²) >= 11 is 0. The van der Waals surface area contributed by atoms with E-state index in [4.69, 9.17) is 5.84 Å². The summed E-state index contributed by atoms with van der Waals surface area (Å²) in [5, 5.41) is 1.54. The minimum Gasteiger partial charge on any atom is -0.335 e. The van der Waals surface area contributed by atoms with E-state index in [0.717, 1.165) is 56.3 Å². The van der Waals surface area contributed by atoms with Gasteiger partial charge in [-0.1, -0.05) is 45.4 Å². The van der Waals surface area contributed by atoms with Gasteiger partial charge < -0.3 is 9.80 Å². The van der Waals surface area contributed by atoms with Gasteiger partial charge in [-0.3, -0.25) is 9.80 Å². The van der Waals surface area contributed by atoms with Crippen molar-refractivity contribution in [1.82, 2.24) is 9.91 Å². The summed E-state index contributed by atoms with van der Waals surface area (Å²) in [5.74, 6) is 8.20. The number of nitrogens with zero attached hydrogens (tertiary/aromatic N) is 3. The largest absolute Gasteiger partial charge is 0.335 e. The maximum atomic E-state index is 13.5. The second-order valence-electron chi connectivity index (χ2n) is 10.1. The van der Waals surface area contributed by atoms with Crippen molar-refractivity contribution in [2.24, 2.45) is 17.7 Å². The summed E-state index contributed by atoms with van der Waals surface area (Å²) in [7, 11) is 0. The standard InChI is InChI=1S/C25H40N4O/c1-4-8-23-28(22-9-6-5-7-10-22)25(24(30)29(23)26)15-17-27(18-16-25)21-13-11-20(12-14-21)19(2)3/h5-7,9-10,19-21,23H,4,8,11-18,26H2,1-3H3. The van der Waals surface area contributed by atoms with Gasteiger partial charge in [0, 0.05) is 24.8 Å². The van der Waals surface area contributed by atoms with Crippen LogP contribution in [0.1, 0.15) is 72.1 Å². The molecular formula is C25H40N4O. The Hall–Kier alpha value is -1.59. The van der Waals surface area contributed by atoms with Crippen molar-refractivity contribution in [1.29, 1.82) is 0 Å². The van der Waals surface area contributed by atoms with E-state index < -0.39 is 5.54 Å². The molecule has 1 spiro atoms. The maximum Gasteiger partial charge on any atom is 0.264 e. The van der Waals surface area contributed by atoms with Crippen LogP contribution in [0.3, 0.4) is 0 Å². The van der Waals surface area contributed by atoms with Crippen molar-refractivity contribution in [3.63, 3.8) is 0 Å². The molecule has 0 radical (unpaired) electrons. The smallest absolute Gasteiger partial charge is 0.264 e. The maximum absolute atomic E-state index is 13.5. The summed E-state index contributed by atoms with van der Waals surface area (Å²) in [6, 6.07) is 11.1. The summed E-state index contributed by atoms with van der Waals surface area (Å²) in [6.45, 7) is 8.90. The van der Waals surface area contributed by atoms with E-state index in [1.165, 1.54) is 25.7 Å². The average molecular weight is 413 g/mol. The molecule has 1 unspecified atom stereocenters. The molecule has 3 fully saturated rings. The van der Waals surface area contributed by atoms with Crippen molar-refractivity contribution in [2.75, 3.05) is 18.0 Å². The number of benzene rings is 1. The Morgan fingerprint density at radius 3 is 2.27 bits per heavy atom. The Balaban J connectivity index is 1.51. The van der Waals surface area contributed by atoms with Crippen LogP contribution in [0.2, 0.25) is 0 Å². The van der Waals surface area contributed by atoms with Crippen LogP contribution in [0.25, 0.3) is 0 Å². The van der Waals surface area contributed by atoms with Crippen molar-refractivity contribution >= 4 is 11.6 Å². The quantitative estimate of drug-likeness (QED) is 0.576. The molecule has 5 nitrogen and oxygen atoms in total. The van der Waals surface area contributed by atoms with Crippen molar-refractivity contribution in [3.05, 3.63) is 30.3 Å². The molecule has 1 atom stereocenters. The van der Waals surface area contributed by atoms with Gasteiger partial charge in [0.2, 0.25) is 0 Å². The third-order valence-electron chi connectivity index (χ3n) is 8.12. The lowest BCUT2D eigenvalue weighted by Gasteiger charge is -2.47. The topological polar surface area (TPSA) is 52.8 Å². The summed E-state index contributed by atoms with van der Waals surface area (Å²) < 4.78 is 0. The number of anilines is 1. The number of hydrogen-bond acceptors (Lipinski definition) is 4. The van der Waals surface area contributed by atoms with Crippen LogP contribution in [-0.4, -0.2) is 46.7 Å². The summed E-state index contributed by atoms with van der Waals surface area (Å²) in [5.41, 5.74) is 0.643. The fourth-order valence-electron chi connectivity index (χ4n) is 6.27. The Bertz CT molecular complexity index is 705. The first-order chi connectivity index (χ1) is 14.5. The predicted molar refractivity (Wildman–Crippen MR) is 123 cm³/mol. The van der Waals surface area contributed by atoms with E-state index in [1.807, 2.05) is 6.07 Å². The number of hydrazine groups is 1. The molecular weight excluding hydrogens is 372 g/mol. The highest BCUT2D eigenvalue weighted by Gasteiger charge is 2.57. The van der Waals surface area contributed by atoms with Crippen LogP contribution in [0.4, 0.5) is 5.69 Å². The van der Waals surface area contributed by atoms with Crippen molar-refractivity contribution in [2.45, 2.75) is 89.9 Å². The zero-order valence-corrected chi connectivity index (χ0v) is 19.1. The van der Waals surface area contributed by atoms with E-state index in [-0.39, 0.29) is 12.1 Å². The third-order valence-corrected chi connectivity index (χ3v) is 8.12. The van der Waals surface area contributed by atoms with Gasteiger partial charge in [-0.25, -0.2) is 5.84 Å².